The Morgan fingerprint density at radius 1 is 1.05 bits per heavy atom. The van der Waals surface area contributed by atoms with Crippen molar-refractivity contribution in [2.45, 2.75) is 25.3 Å². The van der Waals surface area contributed by atoms with E-state index < -0.39 is 0 Å². The summed E-state index contributed by atoms with van der Waals surface area (Å²) >= 11 is 0. The lowest BCUT2D eigenvalue weighted by molar-refractivity contribution is 0.147. The van der Waals surface area contributed by atoms with Gasteiger partial charge < -0.3 is 4.74 Å². The smallest absolute Gasteiger partial charge is 0.116 e. The molecule has 0 amide bonds. The van der Waals surface area contributed by atoms with Gasteiger partial charge in [0.1, 0.15) is 6.33 Å². The lowest BCUT2D eigenvalue weighted by Gasteiger charge is -2.25. The van der Waals surface area contributed by atoms with Crippen molar-refractivity contribution >= 4 is 0 Å². The normalized spacial score (nSPS) is 22.3. The predicted octanol–water partition coefficient (Wildman–Crippen LogP) is 2.33. The van der Waals surface area contributed by atoms with Gasteiger partial charge in [0.25, 0.3) is 0 Å². The quantitative estimate of drug-likeness (QED) is 0.852. The third kappa shape index (κ3) is 2.64. The minimum absolute atomic E-state index is 0.586. The molecule has 1 saturated heterocycles. The van der Waals surface area contributed by atoms with Gasteiger partial charge >= 0.3 is 0 Å². The highest BCUT2D eigenvalue weighted by Gasteiger charge is 2.26. The SMILES string of the molecule is c1ccc(-c2ncnc3c2CCN([C@H]2CCOC2)CC3)cc1. The zero-order chi connectivity index (χ0) is 14.8. The summed E-state index contributed by atoms with van der Waals surface area (Å²) in [5.74, 6) is 0. The van der Waals surface area contributed by atoms with Crippen molar-refractivity contribution in [2.24, 2.45) is 0 Å². The summed E-state index contributed by atoms with van der Waals surface area (Å²) < 4.78 is 5.55. The van der Waals surface area contributed by atoms with Crippen LogP contribution in [0.2, 0.25) is 0 Å². The van der Waals surface area contributed by atoms with E-state index in [0.29, 0.717) is 6.04 Å². The Morgan fingerprint density at radius 2 is 1.91 bits per heavy atom. The maximum atomic E-state index is 5.55. The lowest BCUT2D eigenvalue weighted by Crippen LogP contribution is -2.37. The molecule has 0 saturated carbocycles. The molecule has 1 aromatic heterocycles. The average molecular weight is 295 g/mol. The van der Waals surface area contributed by atoms with Crippen LogP contribution in [0.3, 0.4) is 0 Å². The van der Waals surface area contributed by atoms with Gasteiger partial charge in [-0.15, -0.1) is 0 Å². The molecule has 0 N–H and O–H groups in total. The van der Waals surface area contributed by atoms with E-state index in [4.69, 9.17) is 4.74 Å². The molecule has 0 aliphatic carbocycles. The molecular weight excluding hydrogens is 274 g/mol. The summed E-state index contributed by atoms with van der Waals surface area (Å²) in [4.78, 5) is 11.7. The van der Waals surface area contributed by atoms with E-state index in [2.05, 4.69) is 39.1 Å². The molecule has 0 unspecified atom stereocenters. The number of benzene rings is 1. The minimum atomic E-state index is 0.586. The van der Waals surface area contributed by atoms with E-state index in [0.717, 1.165) is 51.3 Å². The molecule has 2 aliphatic heterocycles. The number of fused-ring (bicyclic) bond motifs is 1. The van der Waals surface area contributed by atoms with Crippen LogP contribution >= 0.6 is 0 Å². The molecule has 0 radical (unpaired) electrons. The Balaban J connectivity index is 1.62. The maximum Gasteiger partial charge on any atom is 0.116 e. The third-order valence-electron chi connectivity index (χ3n) is 4.79. The van der Waals surface area contributed by atoms with Gasteiger partial charge in [-0.25, -0.2) is 9.97 Å². The first-order valence-electron chi connectivity index (χ1n) is 8.12. The lowest BCUT2D eigenvalue weighted by atomic mass is 10.0. The first-order chi connectivity index (χ1) is 10.9. The molecular formula is C18H21N3O. The van der Waals surface area contributed by atoms with Gasteiger partial charge in [0.15, 0.2) is 0 Å². The van der Waals surface area contributed by atoms with Gasteiger partial charge in [-0.2, -0.15) is 0 Å². The Kier molecular flexibility index (Phi) is 3.87. The zero-order valence-electron chi connectivity index (χ0n) is 12.7. The summed E-state index contributed by atoms with van der Waals surface area (Å²) in [6, 6.07) is 11.0. The molecule has 4 rings (SSSR count). The van der Waals surface area contributed by atoms with Crippen LogP contribution in [-0.4, -0.2) is 47.2 Å². The fourth-order valence-corrected chi connectivity index (χ4v) is 3.56. The van der Waals surface area contributed by atoms with Crippen molar-refractivity contribution < 1.29 is 4.74 Å². The van der Waals surface area contributed by atoms with Crippen LogP contribution in [0.25, 0.3) is 11.3 Å². The standard InChI is InChI=1S/C18H21N3O/c1-2-4-14(5-3-1)18-16-6-9-21(15-8-11-22-12-15)10-7-17(16)19-13-20-18/h1-5,13,15H,6-12H2/t15-/m0/s1. The monoisotopic (exact) mass is 295 g/mol. The molecule has 3 heterocycles. The molecule has 22 heavy (non-hydrogen) atoms. The second-order valence-corrected chi connectivity index (χ2v) is 6.07. The Hall–Kier alpha value is -1.78. The summed E-state index contributed by atoms with van der Waals surface area (Å²) in [5, 5.41) is 0. The molecule has 0 spiro atoms. The van der Waals surface area contributed by atoms with Crippen molar-refractivity contribution in [3.63, 3.8) is 0 Å². The molecule has 1 atom stereocenters. The summed E-state index contributed by atoms with van der Waals surface area (Å²) in [6.45, 7) is 3.94. The first-order valence-corrected chi connectivity index (χ1v) is 8.12. The molecule has 114 valence electrons. The number of hydrogen-bond donors (Lipinski definition) is 0. The molecule has 4 nitrogen and oxygen atoms in total. The van der Waals surface area contributed by atoms with Gasteiger partial charge in [-0.3, -0.25) is 4.90 Å². The number of hydrogen-bond acceptors (Lipinski definition) is 4. The van der Waals surface area contributed by atoms with Crippen molar-refractivity contribution in [3.8, 4) is 11.3 Å². The van der Waals surface area contributed by atoms with Gasteiger partial charge in [0, 0.05) is 49.0 Å². The molecule has 0 bridgehead atoms. The van der Waals surface area contributed by atoms with Crippen LogP contribution in [0.5, 0.6) is 0 Å². The number of aromatic nitrogens is 2. The minimum Gasteiger partial charge on any atom is -0.380 e. The predicted molar refractivity (Wildman–Crippen MR) is 85.7 cm³/mol. The summed E-state index contributed by atoms with van der Waals surface area (Å²) in [7, 11) is 0. The Bertz CT molecular complexity index is 638. The largest absolute Gasteiger partial charge is 0.380 e. The van der Waals surface area contributed by atoms with Gasteiger partial charge in [-0.1, -0.05) is 30.3 Å². The van der Waals surface area contributed by atoms with Crippen LogP contribution in [0.1, 0.15) is 17.7 Å². The maximum absolute atomic E-state index is 5.55. The Morgan fingerprint density at radius 3 is 2.73 bits per heavy atom. The van der Waals surface area contributed by atoms with Crippen molar-refractivity contribution in [2.75, 3.05) is 26.3 Å². The van der Waals surface area contributed by atoms with Crippen molar-refractivity contribution in [1.29, 1.82) is 0 Å². The number of rotatable bonds is 2. The second-order valence-electron chi connectivity index (χ2n) is 6.07. The van der Waals surface area contributed by atoms with Crippen LogP contribution in [-0.2, 0) is 17.6 Å². The second kappa shape index (κ2) is 6.15. The van der Waals surface area contributed by atoms with Gasteiger partial charge in [0.2, 0.25) is 0 Å². The molecule has 4 heteroatoms. The first kappa shape index (κ1) is 13.9. The van der Waals surface area contributed by atoms with E-state index in [-0.39, 0.29) is 0 Å². The number of nitrogens with zero attached hydrogens (tertiary/aromatic N) is 3. The highest BCUT2D eigenvalue weighted by molar-refractivity contribution is 5.63. The fourth-order valence-electron chi connectivity index (χ4n) is 3.56. The average Bonchev–Trinajstić information content (AvgIpc) is 3.02. The van der Waals surface area contributed by atoms with E-state index >= 15 is 0 Å². The van der Waals surface area contributed by atoms with Gasteiger partial charge in [0.05, 0.1) is 12.3 Å². The van der Waals surface area contributed by atoms with E-state index in [9.17, 15) is 0 Å². The Labute approximate surface area is 131 Å². The van der Waals surface area contributed by atoms with Crippen molar-refractivity contribution in [1.82, 2.24) is 14.9 Å². The zero-order valence-corrected chi connectivity index (χ0v) is 12.7. The van der Waals surface area contributed by atoms with Crippen LogP contribution in [0.4, 0.5) is 0 Å². The molecule has 2 aliphatic rings. The van der Waals surface area contributed by atoms with E-state index in [1.165, 1.54) is 16.8 Å². The van der Waals surface area contributed by atoms with Crippen LogP contribution in [0.15, 0.2) is 36.7 Å². The van der Waals surface area contributed by atoms with Crippen molar-refractivity contribution in [3.05, 3.63) is 47.9 Å². The highest BCUT2D eigenvalue weighted by atomic mass is 16.5. The molecule has 1 aromatic carbocycles. The molecule has 1 fully saturated rings. The van der Waals surface area contributed by atoms with E-state index in [1.807, 2.05) is 6.07 Å². The van der Waals surface area contributed by atoms with Gasteiger partial charge in [-0.05, 0) is 12.8 Å². The number of ether oxygens (including phenoxy) is 1. The van der Waals surface area contributed by atoms with Crippen LogP contribution in [0, 0.1) is 0 Å². The van der Waals surface area contributed by atoms with E-state index in [1.54, 1.807) is 6.33 Å². The van der Waals surface area contributed by atoms with Crippen LogP contribution < -0.4 is 0 Å². The summed E-state index contributed by atoms with van der Waals surface area (Å²) in [5.41, 5.74) is 4.85. The summed E-state index contributed by atoms with van der Waals surface area (Å²) in [6.07, 6.45) is 4.91. The topological polar surface area (TPSA) is 38.2 Å². The molecule has 2 aromatic rings. The fraction of sp³-hybridized carbons (Fsp3) is 0.444. The third-order valence-corrected chi connectivity index (χ3v) is 4.79. The highest BCUT2D eigenvalue weighted by Crippen LogP contribution is 2.26.